The van der Waals surface area contributed by atoms with E-state index in [1.54, 1.807) is 48.2 Å². The second-order valence-corrected chi connectivity index (χ2v) is 12.3. The number of fused-ring (bicyclic) bond motifs is 2. The number of para-hydroxylation sites is 1. The van der Waals surface area contributed by atoms with E-state index in [0.29, 0.717) is 54.2 Å². The fourth-order valence-electron chi connectivity index (χ4n) is 4.77. The lowest BCUT2D eigenvalue weighted by molar-refractivity contribution is 0.0983. The fraction of sp³-hybridized carbons (Fsp3) is 0.333. The number of nitrogens with zero attached hydrogens (tertiary/aromatic N) is 4. The molecule has 0 radical (unpaired) electrons. The highest BCUT2D eigenvalue weighted by atomic mass is 32.2. The van der Waals surface area contributed by atoms with Crippen molar-refractivity contribution >= 4 is 48.3 Å². The predicted octanol–water partition coefficient (Wildman–Crippen LogP) is 5.27. The normalized spacial score (nSPS) is 13.0. The van der Waals surface area contributed by atoms with Gasteiger partial charge < -0.3 is 14.4 Å². The molecule has 1 aliphatic heterocycles. The Morgan fingerprint density at radius 2 is 1.54 bits per heavy atom. The summed E-state index contributed by atoms with van der Waals surface area (Å²) >= 11 is 1.42. The number of hydrogen-bond acceptors (Lipinski definition) is 8. The molecule has 0 atom stereocenters. The van der Waals surface area contributed by atoms with E-state index >= 15 is 0 Å². The van der Waals surface area contributed by atoms with Crippen LogP contribution in [0.2, 0.25) is 0 Å². The highest BCUT2D eigenvalue weighted by molar-refractivity contribution is 7.92. The molecule has 0 saturated carbocycles. The second kappa shape index (κ2) is 12.5. The smallest absolute Gasteiger partial charge is 0.264 e. The molecule has 216 valence electrons. The third-order valence-corrected chi connectivity index (χ3v) is 10.0. The van der Waals surface area contributed by atoms with Crippen LogP contribution in [0.1, 0.15) is 31.1 Å². The van der Waals surface area contributed by atoms with Crippen molar-refractivity contribution in [2.75, 3.05) is 55.1 Å². The number of hydrogen-bond donors (Lipinski definition) is 0. The van der Waals surface area contributed by atoms with Gasteiger partial charge in [0.1, 0.15) is 13.2 Å². The summed E-state index contributed by atoms with van der Waals surface area (Å²) in [5.74, 6) is 1.08. The summed E-state index contributed by atoms with van der Waals surface area (Å²) in [7, 11) is -3.81. The van der Waals surface area contributed by atoms with Gasteiger partial charge in [0.25, 0.3) is 15.9 Å². The van der Waals surface area contributed by atoms with Crippen molar-refractivity contribution in [1.29, 1.82) is 0 Å². The Balaban J connectivity index is 1.45. The highest BCUT2D eigenvalue weighted by Crippen LogP contribution is 2.39. The van der Waals surface area contributed by atoms with Gasteiger partial charge in [0.05, 0.1) is 20.8 Å². The number of carbonyl (C=O) groups is 1. The van der Waals surface area contributed by atoms with E-state index in [1.165, 1.54) is 27.8 Å². The molecular formula is C30H34N4O5S2. The standard InChI is InChI=1S/C30H34N4O5S2/c1-4-32(5-2)16-17-33(30-31-25-20-26-27(21-28(25)40-30)39-19-18-38-26)29(35)22-12-14-24(15-13-22)41(36,37)34(6-3)23-10-8-7-9-11-23/h7-15,20-21H,4-6,16-19H2,1-3H3. The van der Waals surface area contributed by atoms with E-state index in [2.05, 4.69) is 18.7 Å². The van der Waals surface area contributed by atoms with Crippen LogP contribution in [0.4, 0.5) is 10.8 Å². The first-order valence-corrected chi connectivity index (χ1v) is 16.0. The van der Waals surface area contributed by atoms with E-state index in [4.69, 9.17) is 14.5 Å². The minimum absolute atomic E-state index is 0.125. The van der Waals surface area contributed by atoms with Crippen LogP contribution >= 0.6 is 11.3 Å². The van der Waals surface area contributed by atoms with Crippen molar-refractivity contribution < 1.29 is 22.7 Å². The summed E-state index contributed by atoms with van der Waals surface area (Å²) in [6.45, 7) is 10.1. The molecular weight excluding hydrogens is 560 g/mol. The third-order valence-electron chi connectivity index (χ3n) is 7.07. The number of benzene rings is 3. The van der Waals surface area contributed by atoms with Gasteiger partial charge in [0.15, 0.2) is 16.6 Å². The highest BCUT2D eigenvalue weighted by Gasteiger charge is 2.26. The molecule has 0 unspecified atom stereocenters. The maximum Gasteiger partial charge on any atom is 0.264 e. The van der Waals surface area contributed by atoms with Crippen LogP contribution in [0.5, 0.6) is 11.5 Å². The SMILES string of the molecule is CCN(CC)CCN(C(=O)c1ccc(S(=O)(=O)N(CC)c2ccccc2)cc1)c1nc2cc3c(cc2s1)OCCO3. The van der Waals surface area contributed by atoms with Crippen molar-refractivity contribution in [3.63, 3.8) is 0 Å². The molecule has 0 bridgehead atoms. The largest absolute Gasteiger partial charge is 0.486 e. The number of rotatable bonds is 11. The van der Waals surface area contributed by atoms with Gasteiger partial charge in [-0.05, 0) is 56.4 Å². The lowest BCUT2D eigenvalue weighted by Gasteiger charge is -2.25. The molecule has 0 saturated heterocycles. The minimum atomic E-state index is -3.81. The Labute approximate surface area is 245 Å². The first kappa shape index (κ1) is 28.8. The fourth-order valence-corrected chi connectivity index (χ4v) is 7.25. The van der Waals surface area contributed by atoms with E-state index in [1.807, 2.05) is 18.2 Å². The Morgan fingerprint density at radius 3 is 2.17 bits per heavy atom. The molecule has 1 amide bonds. The van der Waals surface area contributed by atoms with Crippen LogP contribution in [-0.2, 0) is 10.0 Å². The zero-order chi connectivity index (χ0) is 29.0. The molecule has 1 aliphatic rings. The molecule has 9 nitrogen and oxygen atoms in total. The number of thiazole rings is 1. The number of likely N-dealkylation sites (N-methyl/N-ethyl adjacent to an activating group) is 1. The lowest BCUT2D eigenvalue weighted by atomic mass is 10.2. The zero-order valence-corrected chi connectivity index (χ0v) is 25.1. The molecule has 4 aromatic rings. The zero-order valence-electron chi connectivity index (χ0n) is 23.4. The van der Waals surface area contributed by atoms with Crippen LogP contribution in [0.3, 0.4) is 0 Å². The third kappa shape index (κ3) is 6.02. The maximum absolute atomic E-state index is 13.9. The van der Waals surface area contributed by atoms with Crippen molar-refractivity contribution in [2.45, 2.75) is 25.7 Å². The summed E-state index contributed by atoms with van der Waals surface area (Å²) in [5.41, 5.74) is 1.71. The van der Waals surface area contributed by atoms with Gasteiger partial charge in [-0.25, -0.2) is 13.4 Å². The lowest BCUT2D eigenvalue weighted by Crippen LogP contribution is -2.39. The molecule has 11 heteroatoms. The number of aromatic nitrogens is 1. The average molecular weight is 595 g/mol. The van der Waals surface area contributed by atoms with Crippen LogP contribution in [-0.4, -0.2) is 70.1 Å². The molecule has 3 aromatic carbocycles. The first-order valence-electron chi connectivity index (χ1n) is 13.8. The van der Waals surface area contributed by atoms with Crippen LogP contribution < -0.4 is 18.7 Å². The van der Waals surface area contributed by atoms with Gasteiger partial charge in [-0.2, -0.15) is 0 Å². The van der Waals surface area contributed by atoms with Crippen molar-refractivity contribution in [3.8, 4) is 11.5 Å². The summed E-state index contributed by atoms with van der Waals surface area (Å²) in [5, 5.41) is 0.567. The average Bonchev–Trinajstić information content (AvgIpc) is 3.41. The minimum Gasteiger partial charge on any atom is -0.486 e. The Morgan fingerprint density at radius 1 is 0.878 bits per heavy atom. The first-order chi connectivity index (χ1) is 19.8. The molecule has 41 heavy (non-hydrogen) atoms. The topological polar surface area (TPSA) is 92.3 Å². The molecule has 5 rings (SSSR count). The van der Waals surface area contributed by atoms with E-state index < -0.39 is 10.0 Å². The summed E-state index contributed by atoms with van der Waals surface area (Å²) in [4.78, 5) is 22.7. The number of amides is 1. The van der Waals surface area contributed by atoms with E-state index in [-0.39, 0.29) is 17.3 Å². The predicted molar refractivity (Wildman–Crippen MR) is 163 cm³/mol. The van der Waals surface area contributed by atoms with Crippen molar-refractivity contribution in [2.24, 2.45) is 0 Å². The molecule has 1 aromatic heterocycles. The summed E-state index contributed by atoms with van der Waals surface area (Å²) in [6.07, 6.45) is 0. The Kier molecular flexibility index (Phi) is 8.77. The summed E-state index contributed by atoms with van der Waals surface area (Å²) < 4.78 is 40.6. The molecule has 0 N–H and O–H groups in total. The quantitative estimate of drug-likeness (QED) is 0.234. The van der Waals surface area contributed by atoms with E-state index in [9.17, 15) is 13.2 Å². The molecule has 2 heterocycles. The van der Waals surface area contributed by atoms with Crippen molar-refractivity contribution in [1.82, 2.24) is 9.88 Å². The number of ether oxygens (including phenoxy) is 2. The van der Waals surface area contributed by atoms with Gasteiger partial charge in [-0.1, -0.05) is 43.4 Å². The monoisotopic (exact) mass is 594 g/mol. The maximum atomic E-state index is 13.9. The van der Waals surface area contributed by atoms with Crippen LogP contribution in [0, 0.1) is 0 Å². The van der Waals surface area contributed by atoms with Gasteiger partial charge in [0.2, 0.25) is 0 Å². The number of anilines is 2. The second-order valence-electron chi connectivity index (χ2n) is 9.47. The van der Waals surface area contributed by atoms with Crippen LogP contribution in [0.25, 0.3) is 10.2 Å². The molecule has 0 spiro atoms. The van der Waals surface area contributed by atoms with Gasteiger partial charge in [-0.15, -0.1) is 0 Å². The summed E-state index contributed by atoms with van der Waals surface area (Å²) in [6, 6.07) is 18.9. The van der Waals surface area contributed by atoms with Gasteiger partial charge in [-0.3, -0.25) is 14.0 Å². The van der Waals surface area contributed by atoms with Crippen LogP contribution in [0.15, 0.2) is 71.6 Å². The molecule has 0 fully saturated rings. The van der Waals surface area contributed by atoms with Gasteiger partial charge in [0, 0.05) is 37.3 Å². The van der Waals surface area contributed by atoms with Crippen molar-refractivity contribution in [3.05, 3.63) is 72.3 Å². The molecule has 0 aliphatic carbocycles. The Hall–Kier alpha value is -3.67. The number of carbonyl (C=O) groups excluding carboxylic acids is 1. The number of sulfonamides is 1. The van der Waals surface area contributed by atoms with Gasteiger partial charge >= 0.3 is 0 Å². The Bertz CT molecular complexity index is 1560. The van der Waals surface area contributed by atoms with E-state index in [0.717, 1.165) is 23.3 Å².